The molecule has 2 nitrogen and oxygen atoms in total. The maximum atomic E-state index is 4.65. The largest absolute Gasteiger partial charge is 2.00 e. The molecule has 3 heteroatoms. The van der Waals surface area contributed by atoms with E-state index in [9.17, 15) is 0 Å². The fourth-order valence-corrected chi connectivity index (χ4v) is 1.84. The van der Waals surface area contributed by atoms with Crippen molar-refractivity contribution in [2.45, 2.75) is 0 Å². The smallest absolute Gasteiger partial charge is 0.412 e. The van der Waals surface area contributed by atoms with E-state index >= 15 is 0 Å². The summed E-state index contributed by atoms with van der Waals surface area (Å²) in [4.78, 5) is 4.65. The average Bonchev–Trinajstić information content (AvgIpc) is 2.49. The van der Waals surface area contributed by atoms with Crippen LogP contribution in [-0.4, -0.2) is 10.5 Å². The summed E-state index contributed by atoms with van der Waals surface area (Å²) in [5.74, 6) is 0. The molecule has 0 bridgehead atoms. The minimum Gasteiger partial charge on any atom is -0.412 e. The van der Waals surface area contributed by atoms with Crippen molar-refractivity contribution in [3.05, 3.63) is 78.9 Å². The number of pyridine rings is 1. The van der Waals surface area contributed by atoms with Crippen LogP contribution in [0.2, 0.25) is 0 Å². The third-order valence-corrected chi connectivity index (χ3v) is 2.72. The van der Waals surface area contributed by atoms with Gasteiger partial charge in [0.15, 0.2) is 0 Å². The first-order valence-corrected chi connectivity index (χ1v) is 5.85. The molecular formula is C17H13NNiO. The summed E-state index contributed by atoms with van der Waals surface area (Å²) >= 11 is 0. The Morgan fingerprint density at radius 2 is 1.15 bits per heavy atom. The summed E-state index contributed by atoms with van der Waals surface area (Å²) in [5.41, 5.74) is 3.89. The normalized spacial score (nSPS) is 9.20. The molecule has 3 aromatic rings. The standard InChI is InChI=1S/C17H11N.Ni.H2O/c1-3-8-14(9-4-1)16-12-7-13-17(18-16)15-10-5-2-6-11-15;;/h1-8,10,12-13H;;1H2/q-2;+2;. The third-order valence-electron chi connectivity index (χ3n) is 2.72. The second kappa shape index (κ2) is 7.59. The first kappa shape index (κ1) is 16.1. The van der Waals surface area contributed by atoms with Crippen molar-refractivity contribution in [3.63, 3.8) is 0 Å². The summed E-state index contributed by atoms with van der Waals surface area (Å²) in [5, 5.41) is 0. The zero-order valence-corrected chi connectivity index (χ0v) is 11.6. The van der Waals surface area contributed by atoms with Crippen LogP contribution in [-0.2, 0) is 16.5 Å². The van der Waals surface area contributed by atoms with Crippen molar-refractivity contribution in [3.8, 4) is 22.5 Å². The Hall–Kier alpha value is -1.96. The Balaban J connectivity index is 0.000001000. The molecule has 0 aliphatic rings. The zero-order valence-electron chi connectivity index (χ0n) is 10.6. The van der Waals surface area contributed by atoms with Crippen molar-refractivity contribution in [1.29, 1.82) is 0 Å². The van der Waals surface area contributed by atoms with E-state index in [0.29, 0.717) is 0 Å². The topological polar surface area (TPSA) is 44.4 Å². The molecule has 0 spiro atoms. The van der Waals surface area contributed by atoms with Gasteiger partial charge >= 0.3 is 16.5 Å². The Kier molecular flexibility index (Phi) is 6.11. The molecule has 2 aromatic carbocycles. The predicted molar refractivity (Wildman–Crippen MR) is 76.4 cm³/mol. The summed E-state index contributed by atoms with van der Waals surface area (Å²) in [7, 11) is 0. The number of aromatic nitrogens is 1. The van der Waals surface area contributed by atoms with Gasteiger partial charge < -0.3 is 10.5 Å². The van der Waals surface area contributed by atoms with E-state index in [1.54, 1.807) is 0 Å². The van der Waals surface area contributed by atoms with Gasteiger partial charge in [0, 0.05) is 0 Å². The van der Waals surface area contributed by atoms with Crippen LogP contribution in [0.4, 0.5) is 0 Å². The molecule has 1 heterocycles. The van der Waals surface area contributed by atoms with Crippen LogP contribution in [0.3, 0.4) is 0 Å². The predicted octanol–water partition coefficient (Wildman–Crippen LogP) is 3.19. The maximum Gasteiger partial charge on any atom is 2.00 e. The van der Waals surface area contributed by atoms with E-state index in [-0.39, 0.29) is 22.0 Å². The first-order valence-electron chi connectivity index (χ1n) is 5.85. The molecule has 0 unspecified atom stereocenters. The van der Waals surface area contributed by atoms with Crippen LogP contribution < -0.4 is 0 Å². The number of hydrogen-bond donors (Lipinski definition) is 0. The van der Waals surface area contributed by atoms with Crippen molar-refractivity contribution in [1.82, 2.24) is 4.98 Å². The molecular weight excluding hydrogens is 293 g/mol. The SMILES string of the molecule is O.[Ni+2].[c-]1ccccc1-c1cccc(-c2[c-]cccc2)n1. The Morgan fingerprint density at radius 3 is 1.55 bits per heavy atom. The van der Waals surface area contributed by atoms with E-state index in [2.05, 4.69) is 17.1 Å². The molecule has 0 aliphatic carbocycles. The minimum atomic E-state index is 0. The van der Waals surface area contributed by atoms with E-state index < -0.39 is 0 Å². The van der Waals surface area contributed by atoms with Gasteiger partial charge in [-0.05, 0) is 11.4 Å². The van der Waals surface area contributed by atoms with Crippen LogP contribution in [0, 0.1) is 12.1 Å². The van der Waals surface area contributed by atoms with Gasteiger partial charge in [-0.3, -0.25) is 0 Å². The minimum absolute atomic E-state index is 0. The quantitative estimate of drug-likeness (QED) is 0.530. The van der Waals surface area contributed by atoms with Gasteiger partial charge in [-0.15, -0.1) is 71.8 Å². The Bertz CT molecular complexity index is 587. The van der Waals surface area contributed by atoms with Gasteiger partial charge in [0.05, 0.1) is 0 Å². The molecule has 1 aromatic heterocycles. The van der Waals surface area contributed by atoms with Crippen LogP contribution in [0.15, 0.2) is 66.7 Å². The van der Waals surface area contributed by atoms with E-state index in [4.69, 9.17) is 0 Å². The summed E-state index contributed by atoms with van der Waals surface area (Å²) in [6, 6.07) is 28.1. The van der Waals surface area contributed by atoms with Crippen LogP contribution in [0.25, 0.3) is 22.5 Å². The van der Waals surface area contributed by atoms with Crippen LogP contribution in [0.5, 0.6) is 0 Å². The molecule has 2 N–H and O–H groups in total. The third kappa shape index (κ3) is 3.54. The number of benzene rings is 2. The number of nitrogens with zero attached hydrogens (tertiary/aromatic N) is 1. The molecule has 0 amide bonds. The summed E-state index contributed by atoms with van der Waals surface area (Å²) in [6.07, 6.45) is 0. The Morgan fingerprint density at radius 1 is 0.650 bits per heavy atom. The molecule has 20 heavy (non-hydrogen) atoms. The van der Waals surface area contributed by atoms with Crippen molar-refractivity contribution in [2.24, 2.45) is 0 Å². The number of hydrogen-bond acceptors (Lipinski definition) is 1. The van der Waals surface area contributed by atoms with Crippen LogP contribution >= 0.6 is 0 Å². The number of rotatable bonds is 2. The van der Waals surface area contributed by atoms with Crippen molar-refractivity contribution in [2.75, 3.05) is 0 Å². The monoisotopic (exact) mass is 305 g/mol. The molecule has 0 saturated heterocycles. The van der Waals surface area contributed by atoms with Crippen molar-refractivity contribution < 1.29 is 22.0 Å². The Labute approximate surface area is 128 Å². The van der Waals surface area contributed by atoms with Gasteiger partial charge in [-0.25, -0.2) is 0 Å². The average molecular weight is 306 g/mol. The fourth-order valence-electron chi connectivity index (χ4n) is 1.84. The molecule has 3 rings (SSSR count). The summed E-state index contributed by atoms with van der Waals surface area (Å²) < 4.78 is 0. The van der Waals surface area contributed by atoms with Crippen molar-refractivity contribution >= 4 is 0 Å². The van der Waals surface area contributed by atoms with Gasteiger partial charge in [-0.1, -0.05) is 18.2 Å². The van der Waals surface area contributed by atoms with E-state index in [0.717, 1.165) is 22.5 Å². The first-order chi connectivity index (χ1) is 8.93. The second-order valence-electron chi connectivity index (χ2n) is 3.96. The maximum absolute atomic E-state index is 4.65. The fraction of sp³-hybridized carbons (Fsp3) is 0. The van der Waals surface area contributed by atoms with Gasteiger partial charge in [0.25, 0.3) is 0 Å². The molecule has 102 valence electrons. The molecule has 0 fully saturated rings. The van der Waals surface area contributed by atoms with Gasteiger partial charge in [-0.2, -0.15) is 0 Å². The second-order valence-corrected chi connectivity index (χ2v) is 3.96. The van der Waals surface area contributed by atoms with E-state index in [1.165, 1.54) is 0 Å². The zero-order chi connectivity index (χ0) is 12.2. The van der Waals surface area contributed by atoms with Gasteiger partial charge in [0.2, 0.25) is 0 Å². The van der Waals surface area contributed by atoms with Gasteiger partial charge in [0.1, 0.15) is 0 Å². The molecule has 0 aliphatic heterocycles. The molecule has 0 radical (unpaired) electrons. The molecule has 0 saturated carbocycles. The molecule has 0 atom stereocenters. The van der Waals surface area contributed by atoms with E-state index in [1.807, 2.05) is 66.7 Å². The van der Waals surface area contributed by atoms with Crippen LogP contribution in [0.1, 0.15) is 0 Å². The summed E-state index contributed by atoms with van der Waals surface area (Å²) in [6.45, 7) is 0.